The predicted molar refractivity (Wildman–Crippen MR) is 98.0 cm³/mol. The van der Waals surface area contributed by atoms with Gasteiger partial charge in [-0.05, 0) is 12.8 Å². The average Bonchev–Trinajstić information content (AvgIpc) is 2.64. The molecule has 0 spiro atoms. The molecule has 0 radical (unpaired) electrons. The van der Waals surface area contributed by atoms with Gasteiger partial charge in [-0.2, -0.15) is 0 Å². The van der Waals surface area contributed by atoms with Crippen LogP contribution in [0, 0.1) is 0 Å². The monoisotopic (exact) mass is 356 g/mol. The Morgan fingerprint density at radius 2 is 0.923 bits per heavy atom. The Bertz CT molecular complexity index is 648. The van der Waals surface area contributed by atoms with Crippen molar-refractivity contribution < 1.29 is 18.7 Å². The number of hydrogen-bond acceptors (Lipinski definition) is 2. The summed E-state index contributed by atoms with van der Waals surface area (Å²) in [4.78, 5) is 22.0. The zero-order valence-electron chi connectivity index (χ0n) is 15.1. The number of primary amides is 2. The molecule has 0 saturated heterocycles. The third kappa shape index (κ3) is 6.63. The average molecular weight is 356 g/mol. The summed E-state index contributed by atoms with van der Waals surface area (Å²) in [6.45, 7) is 1.92. The summed E-state index contributed by atoms with van der Waals surface area (Å²) in [6, 6.07) is 7.04. The number of rotatable bonds is 11. The van der Waals surface area contributed by atoms with Crippen molar-refractivity contribution in [3.8, 4) is 0 Å². The van der Waals surface area contributed by atoms with Crippen molar-refractivity contribution in [2.24, 2.45) is 11.5 Å². The van der Waals surface area contributed by atoms with Gasteiger partial charge in [0.1, 0.15) is 13.1 Å². The van der Waals surface area contributed by atoms with Crippen molar-refractivity contribution in [1.82, 2.24) is 0 Å². The second-order valence-electron chi connectivity index (χ2n) is 6.50. The summed E-state index contributed by atoms with van der Waals surface area (Å²) < 4.78 is 4.16. The maximum absolute atomic E-state index is 11.0. The number of carbonyl (C=O) groups is 2. The van der Waals surface area contributed by atoms with E-state index in [-0.39, 0.29) is 11.8 Å². The first-order valence-electron chi connectivity index (χ1n) is 9.14. The number of unbranched alkanes of at least 4 members (excludes halogenated alkanes) is 5. The van der Waals surface area contributed by atoms with Crippen LogP contribution in [0.3, 0.4) is 0 Å². The van der Waals surface area contributed by atoms with E-state index >= 15 is 0 Å². The van der Waals surface area contributed by atoms with E-state index in [4.69, 9.17) is 11.5 Å². The molecule has 0 aliphatic carbocycles. The summed E-state index contributed by atoms with van der Waals surface area (Å²) in [6.07, 6.45) is 14.7. The zero-order valence-corrected chi connectivity index (χ0v) is 15.1. The number of hydrogen-bond donors (Lipinski definition) is 2. The molecule has 2 amide bonds. The van der Waals surface area contributed by atoms with Crippen LogP contribution >= 0.6 is 0 Å². The topological polar surface area (TPSA) is 93.9 Å². The zero-order chi connectivity index (χ0) is 18.8. The van der Waals surface area contributed by atoms with Crippen LogP contribution in [0.2, 0.25) is 0 Å². The SMILES string of the molecule is NC(=O)c1cc[n+](CCCCCCCC[n+]2ccc(C(N)=O)cc2)cc1. The number of amides is 2. The Morgan fingerprint density at radius 3 is 1.23 bits per heavy atom. The minimum absolute atomic E-state index is 0.390. The Hall–Kier alpha value is -2.76. The normalized spacial score (nSPS) is 10.6. The number of nitrogens with two attached hydrogens (primary N) is 2. The molecule has 0 aliphatic heterocycles. The molecular formula is C20H28N4O2+2. The fourth-order valence-electron chi connectivity index (χ4n) is 2.84. The van der Waals surface area contributed by atoms with Gasteiger partial charge in [0, 0.05) is 37.1 Å². The number of nitrogens with zero attached hydrogens (tertiary/aromatic N) is 2. The van der Waals surface area contributed by atoms with Gasteiger partial charge in [-0.1, -0.05) is 12.8 Å². The van der Waals surface area contributed by atoms with Crippen molar-refractivity contribution in [3.05, 3.63) is 60.2 Å². The van der Waals surface area contributed by atoms with Gasteiger partial charge in [0.15, 0.2) is 24.8 Å². The highest BCUT2D eigenvalue weighted by molar-refractivity contribution is 5.92. The van der Waals surface area contributed by atoms with Gasteiger partial charge in [0.25, 0.3) is 0 Å². The summed E-state index contributed by atoms with van der Waals surface area (Å²) in [7, 11) is 0. The Kier molecular flexibility index (Phi) is 7.74. The van der Waals surface area contributed by atoms with Gasteiger partial charge < -0.3 is 11.5 Å². The Balaban J connectivity index is 1.52. The molecule has 4 N–H and O–H groups in total. The molecule has 0 atom stereocenters. The van der Waals surface area contributed by atoms with Gasteiger partial charge in [-0.3, -0.25) is 9.59 Å². The second-order valence-corrected chi connectivity index (χ2v) is 6.50. The molecule has 6 nitrogen and oxygen atoms in total. The first-order valence-corrected chi connectivity index (χ1v) is 9.14. The maximum Gasteiger partial charge on any atom is 0.249 e. The summed E-state index contributed by atoms with van der Waals surface area (Å²) in [5.74, 6) is -0.779. The van der Waals surface area contributed by atoms with E-state index < -0.39 is 0 Å². The standard InChI is InChI=1S/C20H26N4O2/c21-19(25)17-7-13-23(14-8-17)11-5-3-1-2-4-6-12-24-15-9-18(10-16-24)20(22)26/h7-10,13-16H,1-6,11-12H2,(H2-2,21,22,25,26)/p+2. The molecule has 2 aromatic rings. The van der Waals surface area contributed by atoms with E-state index in [2.05, 4.69) is 9.13 Å². The second kappa shape index (κ2) is 10.3. The van der Waals surface area contributed by atoms with Crippen molar-refractivity contribution in [1.29, 1.82) is 0 Å². The highest BCUT2D eigenvalue weighted by Gasteiger charge is 2.05. The third-order valence-corrected chi connectivity index (χ3v) is 4.43. The molecule has 0 aliphatic rings. The minimum atomic E-state index is -0.390. The molecule has 0 bridgehead atoms. The van der Waals surface area contributed by atoms with Crippen LogP contribution in [0.4, 0.5) is 0 Å². The van der Waals surface area contributed by atoms with Crippen LogP contribution in [0.5, 0.6) is 0 Å². The fourth-order valence-corrected chi connectivity index (χ4v) is 2.84. The van der Waals surface area contributed by atoms with E-state index in [0.717, 1.165) is 25.9 Å². The highest BCUT2D eigenvalue weighted by atomic mass is 16.1. The molecule has 0 aromatic carbocycles. The number of aromatic nitrogens is 2. The fraction of sp³-hybridized carbons (Fsp3) is 0.400. The lowest BCUT2D eigenvalue weighted by Gasteiger charge is -2.01. The lowest BCUT2D eigenvalue weighted by molar-refractivity contribution is -0.697. The smallest absolute Gasteiger partial charge is 0.249 e. The van der Waals surface area contributed by atoms with E-state index in [1.54, 1.807) is 24.3 Å². The van der Waals surface area contributed by atoms with E-state index in [1.165, 1.54) is 25.7 Å². The molecule has 0 unspecified atom stereocenters. The maximum atomic E-state index is 11.0. The van der Waals surface area contributed by atoms with Crippen LogP contribution < -0.4 is 20.6 Å². The van der Waals surface area contributed by atoms with Crippen LogP contribution in [-0.4, -0.2) is 11.8 Å². The molecule has 0 fully saturated rings. The molecule has 2 rings (SSSR count). The van der Waals surface area contributed by atoms with Crippen LogP contribution in [0.25, 0.3) is 0 Å². The number of carbonyl (C=O) groups excluding carboxylic acids is 2. The lowest BCUT2D eigenvalue weighted by Crippen LogP contribution is -2.33. The number of aryl methyl sites for hydroxylation is 2. The summed E-state index contributed by atoms with van der Waals surface area (Å²) in [5.41, 5.74) is 11.6. The van der Waals surface area contributed by atoms with Crippen LogP contribution in [0.15, 0.2) is 49.1 Å². The largest absolute Gasteiger partial charge is 0.366 e. The molecule has 0 saturated carbocycles. The molecule has 138 valence electrons. The van der Waals surface area contributed by atoms with Crippen molar-refractivity contribution in [2.75, 3.05) is 0 Å². The molecule has 2 heterocycles. The molecular weight excluding hydrogens is 328 g/mol. The molecule has 2 aromatic heterocycles. The van der Waals surface area contributed by atoms with E-state index in [0.29, 0.717) is 11.1 Å². The predicted octanol–water partition coefficient (Wildman–Crippen LogP) is 1.50. The van der Waals surface area contributed by atoms with Gasteiger partial charge in [-0.15, -0.1) is 0 Å². The van der Waals surface area contributed by atoms with Gasteiger partial charge in [0.2, 0.25) is 11.8 Å². The third-order valence-electron chi connectivity index (χ3n) is 4.43. The van der Waals surface area contributed by atoms with Crippen LogP contribution in [0.1, 0.15) is 59.2 Å². The van der Waals surface area contributed by atoms with Crippen molar-refractivity contribution >= 4 is 11.8 Å². The van der Waals surface area contributed by atoms with Crippen molar-refractivity contribution in [2.45, 2.75) is 51.6 Å². The summed E-state index contributed by atoms with van der Waals surface area (Å²) >= 11 is 0. The van der Waals surface area contributed by atoms with Gasteiger partial charge >= 0.3 is 0 Å². The summed E-state index contributed by atoms with van der Waals surface area (Å²) in [5, 5.41) is 0. The minimum Gasteiger partial charge on any atom is -0.366 e. The van der Waals surface area contributed by atoms with Gasteiger partial charge in [0.05, 0.1) is 11.1 Å². The molecule has 26 heavy (non-hydrogen) atoms. The van der Waals surface area contributed by atoms with E-state index in [1.807, 2.05) is 24.8 Å². The number of pyridine rings is 2. The lowest BCUT2D eigenvalue weighted by atomic mass is 10.1. The quantitative estimate of drug-likeness (QED) is 0.471. The molecule has 6 heteroatoms. The first kappa shape index (κ1) is 19.6. The van der Waals surface area contributed by atoms with Crippen molar-refractivity contribution in [3.63, 3.8) is 0 Å². The Morgan fingerprint density at radius 1 is 0.615 bits per heavy atom. The van der Waals surface area contributed by atoms with Gasteiger partial charge in [-0.25, -0.2) is 9.13 Å². The first-order chi connectivity index (χ1) is 12.6. The van der Waals surface area contributed by atoms with Crippen LogP contribution in [-0.2, 0) is 13.1 Å². The Labute approximate surface area is 154 Å². The van der Waals surface area contributed by atoms with E-state index in [9.17, 15) is 9.59 Å². The highest BCUT2D eigenvalue weighted by Crippen LogP contribution is 2.05.